The summed E-state index contributed by atoms with van der Waals surface area (Å²) in [5, 5.41) is 8.83. The fraction of sp³-hybridized carbons (Fsp3) is 0.133. The van der Waals surface area contributed by atoms with Gasteiger partial charge in [0.05, 0.1) is 11.6 Å². The third-order valence-electron chi connectivity index (χ3n) is 2.78. The van der Waals surface area contributed by atoms with Gasteiger partial charge in [-0.25, -0.2) is 4.39 Å². The van der Waals surface area contributed by atoms with Gasteiger partial charge in [-0.1, -0.05) is 12.1 Å². The molecule has 0 bridgehead atoms. The summed E-state index contributed by atoms with van der Waals surface area (Å²) in [7, 11) is 0. The highest BCUT2D eigenvalue weighted by Crippen LogP contribution is 2.21. The van der Waals surface area contributed by atoms with E-state index >= 15 is 0 Å². The molecule has 0 heterocycles. The van der Waals surface area contributed by atoms with Crippen LogP contribution in [0.25, 0.3) is 0 Å². The molecule has 0 saturated carbocycles. The molecule has 0 unspecified atom stereocenters. The van der Waals surface area contributed by atoms with E-state index in [1.165, 1.54) is 6.07 Å². The lowest BCUT2D eigenvalue weighted by Crippen LogP contribution is -2.01. The highest BCUT2D eigenvalue weighted by Gasteiger charge is 2.06. The SMILES string of the molecule is Cc1ccc(C#N)cc1OCc1ccc(N)cc1F. The van der Waals surface area contributed by atoms with E-state index < -0.39 is 5.82 Å². The van der Waals surface area contributed by atoms with Crippen LogP contribution in [0.3, 0.4) is 0 Å². The second-order valence-electron chi connectivity index (χ2n) is 4.23. The average molecular weight is 256 g/mol. The van der Waals surface area contributed by atoms with Gasteiger partial charge in [-0.2, -0.15) is 5.26 Å². The van der Waals surface area contributed by atoms with Crippen molar-refractivity contribution in [3.05, 3.63) is 58.9 Å². The van der Waals surface area contributed by atoms with Crippen molar-refractivity contribution < 1.29 is 9.13 Å². The van der Waals surface area contributed by atoms with Crippen molar-refractivity contribution in [2.45, 2.75) is 13.5 Å². The first-order valence-corrected chi connectivity index (χ1v) is 5.77. The minimum Gasteiger partial charge on any atom is -0.488 e. The Morgan fingerprint density at radius 1 is 1.26 bits per heavy atom. The minimum atomic E-state index is -0.394. The Labute approximate surface area is 111 Å². The molecule has 0 fully saturated rings. The number of nitriles is 1. The van der Waals surface area contributed by atoms with E-state index in [2.05, 4.69) is 0 Å². The number of benzene rings is 2. The molecule has 2 aromatic rings. The van der Waals surface area contributed by atoms with Gasteiger partial charge in [-0.3, -0.25) is 0 Å². The van der Waals surface area contributed by atoms with E-state index in [0.29, 0.717) is 22.6 Å². The van der Waals surface area contributed by atoms with Gasteiger partial charge in [0.2, 0.25) is 0 Å². The number of halogens is 1. The zero-order chi connectivity index (χ0) is 13.8. The van der Waals surface area contributed by atoms with Crippen LogP contribution in [0.2, 0.25) is 0 Å². The molecule has 0 radical (unpaired) electrons. The first kappa shape index (κ1) is 12.9. The Bertz CT molecular complexity index is 647. The van der Waals surface area contributed by atoms with E-state index in [1.54, 1.807) is 30.3 Å². The number of anilines is 1. The minimum absolute atomic E-state index is 0.0990. The van der Waals surface area contributed by atoms with Crippen LogP contribution >= 0.6 is 0 Å². The van der Waals surface area contributed by atoms with Crippen LogP contribution in [-0.2, 0) is 6.61 Å². The number of nitrogen functional groups attached to an aromatic ring is 1. The number of rotatable bonds is 3. The van der Waals surface area contributed by atoms with Crippen LogP contribution in [0.4, 0.5) is 10.1 Å². The molecule has 2 rings (SSSR count). The summed E-state index contributed by atoms with van der Waals surface area (Å²) in [6.45, 7) is 1.97. The quantitative estimate of drug-likeness (QED) is 0.858. The Kier molecular flexibility index (Phi) is 3.67. The summed E-state index contributed by atoms with van der Waals surface area (Å²) in [4.78, 5) is 0. The maximum absolute atomic E-state index is 13.6. The van der Waals surface area contributed by atoms with E-state index in [9.17, 15) is 4.39 Å². The van der Waals surface area contributed by atoms with Crippen LogP contribution in [0, 0.1) is 24.1 Å². The van der Waals surface area contributed by atoms with Crippen molar-refractivity contribution in [2.24, 2.45) is 0 Å². The summed E-state index contributed by atoms with van der Waals surface area (Å²) in [6, 6.07) is 11.7. The molecule has 0 atom stereocenters. The van der Waals surface area contributed by atoms with Gasteiger partial charge in [0.25, 0.3) is 0 Å². The number of hydrogen-bond donors (Lipinski definition) is 1. The second-order valence-corrected chi connectivity index (χ2v) is 4.23. The molecule has 0 aliphatic rings. The highest BCUT2D eigenvalue weighted by molar-refractivity contribution is 5.43. The summed E-state index contributed by atoms with van der Waals surface area (Å²) in [6.07, 6.45) is 0. The Morgan fingerprint density at radius 2 is 2.05 bits per heavy atom. The molecule has 4 heteroatoms. The first-order valence-electron chi connectivity index (χ1n) is 5.77. The van der Waals surface area contributed by atoms with E-state index in [4.69, 9.17) is 15.7 Å². The average Bonchev–Trinajstić information content (AvgIpc) is 2.39. The van der Waals surface area contributed by atoms with Crippen molar-refractivity contribution in [3.8, 4) is 11.8 Å². The lowest BCUT2D eigenvalue weighted by molar-refractivity contribution is 0.298. The van der Waals surface area contributed by atoms with Crippen LogP contribution in [0.15, 0.2) is 36.4 Å². The maximum Gasteiger partial charge on any atom is 0.131 e. The molecule has 2 aromatic carbocycles. The van der Waals surface area contributed by atoms with Gasteiger partial charge in [-0.05, 0) is 36.8 Å². The number of nitrogens with two attached hydrogens (primary N) is 1. The molecule has 0 saturated heterocycles. The molecule has 0 aliphatic heterocycles. The first-order chi connectivity index (χ1) is 9.10. The van der Waals surface area contributed by atoms with Crippen LogP contribution in [0.1, 0.15) is 16.7 Å². The molecule has 0 aromatic heterocycles. The lowest BCUT2D eigenvalue weighted by atomic mass is 10.1. The molecule has 3 nitrogen and oxygen atoms in total. The summed E-state index contributed by atoms with van der Waals surface area (Å²) < 4.78 is 19.1. The fourth-order valence-corrected chi connectivity index (χ4v) is 1.66. The van der Waals surface area contributed by atoms with Gasteiger partial charge >= 0.3 is 0 Å². The molecular weight excluding hydrogens is 243 g/mol. The van der Waals surface area contributed by atoms with Crippen molar-refractivity contribution in [3.63, 3.8) is 0 Å². The fourth-order valence-electron chi connectivity index (χ4n) is 1.66. The second kappa shape index (κ2) is 5.40. The van der Waals surface area contributed by atoms with Crippen LogP contribution in [0.5, 0.6) is 5.75 Å². The summed E-state index contributed by atoms with van der Waals surface area (Å²) >= 11 is 0. The summed E-state index contributed by atoms with van der Waals surface area (Å²) in [5.41, 5.74) is 7.70. The number of nitrogens with zero attached hydrogens (tertiary/aromatic N) is 1. The Balaban J connectivity index is 2.16. The molecule has 0 aliphatic carbocycles. The molecule has 2 N–H and O–H groups in total. The molecule has 96 valence electrons. The van der Waals surface area contributed by atoms with Gasteiger partial charge in [-0.15, -0.1) is 0 Å². The van der Waals surface area contributed by atoms with Gasteiger partial charge < -0.3 is 10.5 Å². The Morgan fingerprint density at radius 3 is 2.74 bits per heavy atom. The van der Waals surface area contributed by atoms with Gasteiger partial charge in [0, 0.05) is 11.3 Å². The Hall–Kier alpha value is -2.54. The normalized spacial score (nSPS) is 9.95. The van der Waals surface area contributed by atoms with Gasteiger partial charge in [0.15, 0.2) is 0 Å². The monoisotopic (exact) mass is 256 g/mol. The zero-order valence-corrected chi connectivity index (χ0v) is 10.5. The van der Waals surface area contributed by atoms with Crippen molar-refractivity contribution >= 4 is 5.69 Å². The van der Waals surface area contributed by atoms with Crippen molar-refractivity contribution in [2.75, 3.05) is 5.73 Å². The summed E-state index contributed by atoms with van der Waals surface area (Å²) in [5.74, 6) is 0.185. The van der Waals surface area contributed by atoms with E-state index in [0.717, 1.165) is 5.56 Å². The molecule has 0 spiro atoms. The zero-order valence-electron chi connectivity index (χ0n) is 10.5. The topological polar surface area (TPSA) is 59.0 Å². The van der Waals surface area contributed by atoms with E-state index in [1.807, 2.05) is 13.0 Å². The van der Waals surface area contributed by atoms with Crippen LogP contribution < -0.4 is 10.5 Å². The predicted octanol–water partition coefficient (Wildman–Crippen LogP) is 3.17. The van der Waals surface area contributed by atoms with Crippen LogP contribution in [-0.4, -0.2) is 0 Å². The maximum atomic E-state index is 13.6. The smallest absolute Gasteiger partial charge is 0.131 e. The van der Waals surface area contributed by atoms with E-state index in [-0.39, 0.29) is 6.61 Å². The van der Waals surface area contributed by atoms with Crippen molar-refractivity contribution in [1.82, 2.24) is 0 Å². The third-order valence-corrected chi connectivity index (χ3v) is 2.78. The molecule has 0 amide bonds. The van der Waals surface area contributed by atoms with Gasteiger partial charge in [0.1, 0.15) is 18.2 Å². The molecular formula is C15H13FN2O. The number of aryl methyl sites for hydroxylation is 1. The third kappa shape index (κ3) is 3.02. The number of ether oxygens (including phenoxy) is 1. The molecule has 19 heavy (non-hydrogen) atoms. The predicted molar refractivity (Wildman–Crippen MR) is 71.0 cm³/mol. The lowest BCUT2D eigenvalue weighted by Gasteiger charge is -2.10. The largest absolute Gasteiger partial charge is 0.488 e. The highest BCUT2D eigenvalue weighted by atomic mass is 19.1. The number of hydrogen-bond acceptors (Lipinski definition) is 3. The van der Waals surface area contributed by atoms with Crippen molar-refractivity contribution in [1.29, 1.82) is 5.26 Å². The standard InChI is InChI=1S/C15H13FN2O/c1-10-2-3-11(8-17)6-15(10)19-9-12-4-5-13(18)7-14(12)16/h2-7H,9,18H2,1H3.